The number of H-pyrrole nitrogens is 1. The maximum absolute atomic E-state index is 3.67. The molecular weight excluding hydrogens is 148 g/mol. The fourth-order valence-electron chi connectivity index (χ4n) is 0.215. The highest BCUT2D eigenvalue weighted by Crippen LogP contribution is 1.93. The molecule has 0 unspecified atom stereocenters. The van der Waals surface area contributed by atoms with E-state index in [1.807, 2.05) is 13.8 Å². The van der Waals surface area contributed by atoms with E-state index < -0.39 is 0 Å². The molecule has 0 aliphatic heterocycles. The van der Waals surface area contributed by atoms with Crippen molar-refractivity contribution in [2.45, 2.75) is 41.0 Å². The molecule has 1 N–H and O–H groups in total. The van der Waals surface area contributed by atoms with E-state index in [0.29, 0.717) is 0 Å². The molecule has 0 aliphatic carbocycles. The molecule has 12 heavy (non-hydrogen) atoms. The first-order valence-corrected chi connectivity index (χ1v) is 4.70. The van der Waals surface area contributed by atoms with Gasteiger partial charge in [0.05, 0.1) is 6.33 Å². The van der Waals surface area contributed by atoms with Gasteiger partial charge in [-0.2, -0.15) is 0 Å². The van der Waals surface area contributed by atoms with Gasteiger partial charge in [0.2, 0.25) is 0 Å². The first-order chi connectivity index (χ1) is 5.77. The van der Waals surface area contributed by atoms with Crippen LogP contribution in [-0.4, -0.2) is 9.97 Å². The summed E-state index contributed by atoms with van der Waals surface area (Å²) in [5.74, 6) is 0.884. The van der Waals surface area contributed by atoms with E-state index in [2.05, 4.69) is 30.7 Å². The van der Waals surface area contributed by atoms with Crippen molar-refractivity contribution in [3.63, 3.8) is 0 Å². The summed E-state index contributed by atoms with van der Waals surface area (Å²) in [6.45, 7) is 10.6. The van der Waals surface area contributed by atoms with Gasteiger partial charge >= 0.3 is 0 Å². The molecule has 1 rings (SSSR count). The van der Waals surface area contributed by atoms with Gasteiger partial charge in [0.1, 0.15) is 0 Å². The quantitative estimate of drug-likeness (QED) is 0.686. The number of hydrogen-bond donors (Lipinski definition) is 1. The van der Waals surface area contributed by atoms with Gasteiger partial charge in [-0.3, -0.25) is 0 Å². The Labute approximate surface area is 76.4 Å². The van der Waals surface area contributed by atoms with E-state index in [-0.39, 0.29) is 0 Å². The van der Waals surface area contributed by atoms with Crippen LogP contribution >= 0.6 is 0 Å². The maximum atomic E-state index is 3.67. The van der Waals surface area contributed by atoms with Gasteiger partial charge < -0.3 is 4.98 Å². The number of aromatic amines is 1. The smallest absolute Gasteiger partial charge is 0.0919 e. The summed E-state index contributed by atoms with van der Waals surface area (Å²) in [6, 6.07) is 0. The molecule has 0 fully saturated rings. The minimum absolute atomic E-state index is 0.884. The molecule has 2 nitrogen and oxygen atoms in total. The molecule has 1 aromatic rings. The third kappa shape index (κ3) is 16.1. The lowest BCUT2D eigenvalue weighted by molar-refractivity contribution is 0.626. The van der Waals surface area contributed by atoms with E-state index in [1.165, 1.54) is 6.42 Å². The second-order valence-electron chi connectivity index (χ2n) is 2.56. The van der Waals surface area contributed by atoms with Crippen LogP contribution in [0.4, 0.5) is 0 Å². The summed E-state index contributed by atoms with van der Waals surface area (Å²) >= 11 is 0. The molecular formula is C10H22N2. The predicted octanol–water partition coefficient (Wildman–Crippen LogP) is 3.49. The second kappa shape index (κ2) is 12.8. The lowest BCUT2D eigenvalue weighted by atomic mass is 10.2. The Morgan fingerprint density at radius 1 is 1.33 bits per heavy atom. The molecule has 1 aromatic heterocycles. The van der Waals surface area contributed by atoms with Crippen molar-refractivity contribution < 1.29 is 0 Å². The fourth-order valence-corrected chi connectivity index (χ4v) is 0.215. The Morgan fingerprint density at radius 3 is 1.92 bits per heavy atom. The highest BCUT2D eigenvalue weighted by atomic mass is 14.8. The Balaban J connectivity index is 0. The Bertz CT molecular complexity index is 105. The molecule has 0 amide bonds. The van der Waals surface area contributed by atoms with Crippen LogP contribution in [0, 0.1) is 5.92 Å². The monoisotopic (exact) mass is 170 g/mol. The number of aromatic nitrogens is 2. The molecule has 2 heteroatoms. The number of rotatable bonds is 1. The van der Waals surface area contributed by atoms with Crippen molar-refractivity contribution >= 4 is 0 Å². The van der Waals surface area contributed by atoms with Crippen molar-refractivity contribution in [1.29, 1.82) is 0 Å². The highest BCUT2D eigenvalue weighted by Gasteiger charge is 1.80. The van der Waals surface area contributed by atoms with Gasteiger partial charge in [-0.25, -0.2) is 4.98 Å². The number of nitrogens with zero attached hydrogens (tertiary/aromatic N) is 1. The van der Waals surface area contributed by atoms with Crippen molar-refractivity contribution in [3.05, 3.63) is 18.7 Å². The lowest BCUT2D eigenvalue weighted by Crippen LogP contribution is -1.77. The Hall–Kier alpha value is -0.790. The predicted molar refractivity (Wildman–Crippen MR) is 55.1 cm³/mol. The first-order valence-electron chi connectivity index (χ1n) is 4.70. The van der Waals surface area contributed by atoms with E-state index in [4.69, 9.17) is 0 Å². The lowest BCUT2D eigenvalue weighted by Gasteiger charge is -1.90. The Morgan fingerprint density at radius 2 is 1.83 bits per heavy atom. The standard InChI is InChI=1S/C5H12.C3H4N2.C2H6/c1-4-5(2)3;1-2-5-3-4-1;1-2/h5H,4H2,1-3H3;1-3H,(H,4,5);1-2H3. The van der Waals surface area contributed by atoms with Gasteiger partial charge in [0.25, 0.3) is 0 Å². The SMILES string of the molecule is CC.CCC(C)C.c1c[nH]cn1. The molecule has 1 heterocycles. The van der Waals surface area contributed by atoms with Gasteiger partial charge in [0.15, 0.2) is 0 Å². The number of imidazole rings is 1. The summed E-state index contributed by atoms with van der Waals surface area (Å²) < 4.78 is 0. The van der Waals surface area contributed by atoms with Crippen molar-refractivity contribution in [1.82, 2.24) is 9.97 Å². The minimum Gasteiger partial charge on any atom is -0.351 e. The van der Waals surface area contributed by atoms with Crippen molar-refractivity contribution in [3.8, 4) is 0 Å². The largest absolute Gasteiger partial charge is 0.351 e. The summed E-state index contributed by atoms with van der Waals surface area (Å²) in [5.41, 5.74) is 0. The zero-order valence-electron chi connectivity index (χ0n) is 8.96. The van der Waals surface area contributed by atoms with Crippen LogP contribution in [0.1, 0.15) is 41.0 Å². The highest BCUT2D eigenvalue weighted by molar-refractivity contribution is 4.64. The first kappa shape index (κ1) is 13.8. The maximum Gasteiger partial charge on any atom is 0.0919 e. The van der Waals surface area contributed by atoms with E-state index in [1.54, 1.807) is 18.7 Å². The summed E-state index contributed by atoms with van der Waals surface area (Å²) in [5, 5.41) is 0. The van der Waals surface area contributed by atoms with Gasteiger partial charge in [-0.1, -0.05) is 41.0 Å². The normalized spacial score (nSPS) is 7.83. The zero-order valence-corrected chi connectivity index (χ0v) is 8.96. The molecule has 0 radical (unpaired) electrons. The molecule has 72 valence electrons. The topological polar surface area (TPSA) is 28.7 Å². The van der Waals surface area contributed by atoms with Gasteiger partial charge in [-0.05, 0) is 5.92 Å². The van der Waals surface area contributed by atoms with Gasteiger partial charge in [-0.15, -0.1) is 0 Å². The van der Waals surface area contributed by atoms with Crippen LogP contribution in [0.15, 0.2) is 18.7 Å². The van der Waals surface area contributed by atoms with E-state index in [0.717, 1.165) is 5.92 Å². The van der Waals surface area contributed by atoms with Crippen LogP contribution in [0.3, 0.4) is 0 Å². The summed E-state index contributed by atoms with van der Waals surface area (Å²) in [4.78, 5) is 6.42. The average molecular weight is 170 g/mol. The zero-order chi connectivity index (χ0) is 9.82. The third-order valence-electron chi connectivity index (χ3n) is 1.22. The second-order valence-corrected chi connectivity index (χ2v) is 2.56. The molecule has 0 saturated heterocycles. The summed E-state index contributed by atoms with van der Waals surface area (Å²) in [6.07, 6.45) is 6.39. The van der Waals surface area contributed by atoms with Crippen molar-refractivity contribution in [2.24, 2.45) is 5.92 Å². The molecule has 0 spiro atoms. The molecule has 0 aromatic carbocycles. The number of nitrogens with one attached hydrogen (secondary N) is 1. The summed E-state index contributed by atoms with van der Waals surface area (Å²) in [7, 11) is 0. The molecule has 0 bridgehead atoms. The van der Waals surface area contributed by atoms with E-state index >= 15 is 0 Å². The van der Waals surface area contributed by atoms with Crippen LogP contribution in [0.5, 0.6) is 0 Å². The Kier molecular flexibility index (Phi) is 14.8. The molecule has 0 saturated carbocycles. The van der Waals surface area contributed by atoms with Crippen LogP contribution < -0.4 is 0 Å². The average Bonchev–Trinajstić information content (AvgIpc) is 2.65. The van der Waals surface area contributed by atoms with Crippen LogP contribution in [0.2, 0.25) is 0 Å². The number of hydrogen-bond acceptors (Lipinski definition) is 1. The van der Waals surface area contributed by atoms with E-state index in [9.17, 15) is 0 Å². The van der Waals surface area contributed by atoms with Crippen LogP contribution in [0.25, 0.3) is 0 Å². The fraction of sp³-hybridized carbons (Fsp3) is 0.700. The van der Waals surface area contributed by atoms with Crippen LogP contribution in [-0.2, 0) is 0 Å². The minimum atomic E-state index is 0.884. The van der Waals surface area contributed by atoms with Crippen molar-refractivity contribution in [2.75, 3.05) is 0 Å². The molecule has 0 atom stereocenters. The molecule has 0 aliphatic rings. The third-order valence-corrected chi connectivity index (χ3v) is 1.22. The van der Waals surface area contributed by atoms with Gasteiger partial charge in [0, 0.05) is 12.4 Å².